The summed E-state index contributed by atoms with van der Waals surface area (Å²) in [6.07, 6.45) is 7.17. The van der Waals surface area contributed by atoms with Crippen molar-refractivity contribution in [2.24, 2.45) is 5.41 Å². The molecule has 118 valence electrons. The van der Waals surface area contributed by atoms with Gasteiger partial charge in [0.25, 0.3) is 0 Å². The van der Waals surface area contributed by atoms with Gasteiger partial charge in [0.1, 0.15) is 0 Å². The van der Waals surface area contributed by atoms with E-state index in [1.807, 2.05) is 0 Å². The molecule has 2 atom stereocenters. The molecule has 1 aliphatic heterocycles. The van der Waals surface area contributed by atoms with E-state index in [0.717, 1.165) is 6.54 Å². The molecule has 0 aromatic heterocycles. The summed E-state index contributed by atoms with van der Waals surface area (Å²) in [5.41, 5.74) is 0.545. The lowest BCUT2D eigenvalue weighted by Gasteiger charge is -2.47. The summed E-state index contributed by atoms with van der Waals surface area (Å²) in [6.45, 7) is 13.1. The van der Waals surface area contributed by atoms with E-state index in [2.05, 4.69) is 42.9 Å². The van der Waals surface area contributed by atoms with E-state index < -0.39 is 0 Å². The lowest BCUT2D eigenvalue weighted by molar-refractivity contribution is 0.0198. The predicted octanol–water partition coefficient (Wildman–Crippen LogP) is 2.57. The predicted molar refractivity (Wildman–Crippen MR) is 87.2 cm³/mol. The van der Waals surface area contributed by atoms with Crippen molar-refractivity contribution in [2.75, 3.05) is 39.8 Å². The van der Waals surface area contributed by atoms with Crippen LogP contribution in [0.1, 0.15) is 52.9 Å². The Kier molecular flexibility index (Phi) is 5.88. The molecule has 1 saturated heterocycles. The molecule has 1 saturated carbocycles. The molecule has 2 rings (SSSR count). The van der Waals surface area contributed by atoms with Crippen LogP contribution in [0.15, 0.2) is 0 Å². The number of hydrogen-bond donors (Lipinski definition) is 1. The second-order valence-corrected chi connectivity index (χ2v) is 7.40. The van der Waals surface area contributed by atoms with E-state index in [4.69, 9.17) is 0 Å². The van der Waals surface area contributed by atoms with Crippen molar-refractivity contribution in [3.8, 4) is 0 Å². The highest BCUT2D eigenvalue weighted by molar-refractivity contribution is 4.91. The molecule has 0 bridgehead atoms. The second kappa shape index (κ2) is 7.24. The van der Waals surface area contributed by atoms with Crippen molar-refractivity contribution in [3.05, 3.63) is 0 Å². The Balaban J connectivity index is 1.96. The van der Waals surface area contributed by atoms with Crippen molar-refractivity contribution in [1.29, 1.82) is 0 Å². The van der Waals surface area contributed by atoms with Crippen LogP contribution < -0.4 is 5.32 Å². The van der Waals surface area contributed by atoms with E-state index in [1.54, 1.807) is 0 Å². The van der Waals surface area contributed by atoms with Gasteiger partial charge in [-0.15, -0.1) is 0 Å². The van der Waals surface area contributed by atoms with Crippen molar-refractivity contribution >= 4 is 0 Å². The van der Waals surface area contributed by atoms with Gasteiger partial charge in [0.15, 0.2) is 0 Å². The monoisotopic (exact) mass is 281 g/mol. The first-order valence-electron chi connectivity index (χ1n) is 8.71. The number of nitrogens with zero attached hydrogens (tertiary/aromatic N) is 2. The zero-order chi connectivity index (χ0) is 14.6. The van der Waals surface area contributed by atoms with E-state index in [1.165, 1.54) is 58.3 Å². The Morgan fingerprint density at radius 2 is 1.65 bits per heavy atom. The highest BCUT2D eigenvalue weighted by Gasteiger charge is 2.36. The van der Waals surface area contributed by atoms with Crippen LogP contribution in [-0.4, -0.2) is 61.7 Å². The van der Waals surface area contributed by atoms with Crippen LogP contribution in [0.4, 0.5) is 0 Å². The highest BCUT2D eigenvalue weighted by atomic mass is 15.3. The van der Waals surface area contributed by atoms with Gasteiger partial charge in [0.05, 0.1) is 0 Å². The summed E-state index contributed by atoms with van der Waals surface area (Å²) in [6, 6.07) is 1.39. The number of hydrogen-bond acceptors (Lipinski definition) is 3. The van der Waals surface area contributed by atoms with Gasteiger partial charge in [0, 0.05) is 38.3 Å². The van der Waals surface area contributed by atoms with Gasteiger partial charge in [-0.05, 0) is 45.7 Å². The fraction of sp³-hybridized carbons (Fsp3) is 1.00. The first-order valence-corrected chi connectivity index (χ1v) is 8.71. The van der Waals surface area contributed by atoms with Crippen LogP contribution in [-0.2, 0) is 0 Å². The van der Waals surface area contributed by atoms with Crippen molar-refractivity contribution in [3.63, 3.8) is 0 Å². The summed E-state index contributed by atoms with van der Waals surface area (Å²) in [5, 5.41) is 3.64. The lowest BCUT2D eigenvalue weighted by Crippen LogP contribution is -2.58. The van der Waals surface area contributed by atoms with Crippen molar-refractivity contribution in [2.45, 2.75) is 65.0 Å². The normalized spacial score (nSPS) is 32.4. The second-order valence-electron chi connectivity index (χ2n) is 7.40. The van der Waals surface area contributed by atoms with Crippen LogP contribution >= 0.6 is 0 Å². The molecule has 20 heavy (non-hydrogen) atoms. The van der Waals surface area contributed by atoms with Crippen LogP contribution in [0.3, 0.4) is 0 Å². The largest absolute Gasteiger partial charge is 0.316 e. The third-order valence-corrected chi connectivity index (χ3v) is 5.66. The summed E-state index contributed by atoms with van der Waals surface area (Å²) in [5.74, 6) is 0. The van der Waals surface area contributed by atoms with Gasteiger partial charge in [-0.25, -0.2) is 0 Å². The average molecular weight is 281 g/mol. The number of nitrogens with one attached hydrogen (secondary N) is 1. The van der Waals surface area contributed by atoms with Crippen LogP contribution in [0.25, 0.3) is 0 Å². The van der Waals surface area contributed by atoms with Gasteiger partial charge >= 0.3 is 0 Å². The van der Waals surface area contributed by atoms with Crippen LogP contribution in [0.5, 0.6) is 0 Å². The van der Waals surface area contributed by atoms with E-state index >= 15 is 0 Å². The van der Waals surface area contributed by atoms with Crippen molar-refractivity contribution in [1.82, 2.24) is 15.1 Å². The summed E-state index contributed by atoms with van der Waals surface area (Å²) in [4.78, 5) is 5.28. The molecule has 0 amide bonds. The van der Waals surface area contributed by atoms with E-state index in [0.29, 0.717) is 17.5 Å². The molecule has 0 radical (unpaired) electrons. The highest BCUT2D eigenvalue weighted by Crippen LogP contribution is 2.37. The van der Waals surface area contributed by atoms with Gasteiger partial charge in [-0.1, -0.05) is 26.2 Å². The fourth-order valence-corrected chi connectivity index (χ4v) is 4.20. The van der Waals surface area contributed by atoms with E-state index in [-0.39, 0.29) is 0 Å². The Hall–Kier alpha value is -0.120. The maximum Gasteiger partial charge on any atom is 0.0195 e. The zero-order valence-corrected chi connectivity index (χ0v) is 14.1. The van der Waals surface area contributed by atoms with Gasteiger partial charge in [-0.2, -0.15) is 0 Å². The molecule has 1 N–H and O–H groups in total. The van der Waals surface area contributed by atoms with Crippen LogP contribution in [0.2, 0.25) is 0 Å². The molecular formula is C17H35N3. The van der Waals surface area contributed by atoms with Crippen molar-refractivity contribution < 1.29 is 0 Å². The van der Waals surface area contributed by atoms with Gasteiger partial charge in [0.2, 0.25) is 0 Å². The Morgan fingerprint density at radius 3 is 2.20 bits per heavy atom. The molecule has 3 nitrogen and oxygen atoms in total. The minimum absolute atomic E-state index is 0.545. The topological polar surface area (TPSA) is 18.5 Å². The minimum atomic E-state index is 0.545. The third kappa shape index (κ3) is 3.96. The zero-order valence-electron chi connectivity index (χ0n) is 14.1. The van der Waals surface area contributed by atoms with Gasteiger partial charge < -0.3 is 5.32 Å². The SMILES string of the molecule is CCNCC1(CN2CC(C)N(C)C(C)C2)CCCCC1. The maximum absolute atomic E-state index is 3.64. The van der Waals surface area contributed by atoms with Gasteiger partial charge in [-0.3, -0.25) is 9.80 Å². The molecule has 0 aromatic carbocycles. The summed E-state index contributed by atoms with van der Waals surface area (Å²) >= 11 is 0. The maximum atomic E-state index is 3.64. The molecular weight excluding hydrogens is 246 g/mol. The van der Waals surface area contributed by atoms with Crippen LogP contribution in [0, 0.1) is 5.41 Å². The minimum Gasteiger partial charge on any atom is -0.316 e. The molecule has 1 aliphatic carbocycles. The smallest absolute Gasteiger partial charge is 0.0195 e. The molecule has 2 aliphatic rings. The molecule has 0 spiro atoms. The standard InChI is InChI=1S/C17H35N3/c1-5-18-13-17(9-7-6-8-10-17)14-20-11-15(2)19(4)16(3)12-20/h15-16,18H,5-14H2,1-4H3. The number of likely N-dealkylation sites (N-methyl/N-ethyl adjacent to an activating group) is 1. The van der Waals surface area contributed by atoms with E-state index in [9.17, 15) is 0 Å². The number of rotatable bonds is 5. The molecule has 2 unspecified atom stereocenters. The first-order chi connectivity index (χ1) is 9.56. The lowest BCUT2D eigenvalue weighted by atomic mass is 9.73. The molecule has 3 heteroatoms. The Labute approximate surface area is 126 Å². The first kappa shape index (κ1) is 16.3. The summed E-state index contributed by atoms with van der Waals surface area (Å²) in [7, 11) is 2.28. The average Bonchev–Trinajstić information content (AvgIpc) is 2.43. The summed E-state index contributed by atoms with van der Waals surface area (Å²) < 4.78 is 0. The third-order valence-electron chi connectivity index (χ3n) is 5.66. The molecule has 2 fully saturated rings. The number of piperazine rings is 1. The Morgan fingerprint density at radius 1 is 1.05 bits per heavy atom. The quantitative estimate of drug-likeness (QED) is 0.835. The molecule has 1 heterocycles. The fourth-order valence-electron chi connectivity index (χ4n) is 4.20. The Bertz CT molecular complexity index is 274. The molecule has 0 aromatic rings.